The molecule has 1 amide bonds. The van der Waals surface area contributed by atoms with Crippen LogP contribution in [0.2, 0.25) is 0 Å². The molecule has 0 aromatic rings. The highest BCUT2D eigenvalue weighted by Crippen LogP contribution is 2.43. The number of aliphatic hydroxyl groups excluding tert-OH is 1. The number of allylic oxidation sites excluding steroid dienone is 16. The minimum Gasteiger partial charge on any atom is -0.391 e. The second-order valence-electron chi connectivity index (χ2n) is 23.5. The number of carbonyl (C=O) groups excluding carboxylic acids is 1. The van der Waals surface area contributed by atoms with Gasteiger partial charge in [0.05, 0.1) is 39.9 Å². The second-order valence-corrected chi connectivity index (χ2v) is 24.9. The van der Waals surface area contributed by atoms with Gasteiger partial charge in [0, 0.05) is 6.42 Å². The second kappa shape index (κ2) is 60.0. The number of unbranched alkanes of at least 4 members (excludes halogenated alkanes) is 31. The van der Waals surface area contributed by atoms with Crippen LogP contribution in [0, 0.1) is 0 Å². The molecule has 0 fully saturated rings. The van der Waals surface area contributed by atoms with Crippen LogP contribution in [0.15, 0.2) is 97.2 Å². The van der Waals surface area contributed by atoms with Crippen molar-refractivity contribution in [3.8, 4) is 0 Å². The van der Waals surface area contributed by atoms with E-state index in [0.717, 1.165) is 103 Å². The zero-order chi connectivity index (χ0) is 57.7. The monoisotopic (exact) mass is 1120 g/mol. The summed E-state index contributed by atoms with van der Waals surface area (Å²) in [6.45, 7) is 4.79. The Hall–Kier alpha value is -2.58. The number of likely N-dealkylation sites (N-methyl/N-ethyl adjacent to an activating group) is 1. The first-order chi connectivity index (χ1) is 38.5. The maximum atomic E-state index is 13.1. The Bertz CT molecular complexity index is 1610. The van der Waals surface area contributed by atoms with Crippen molar-refractivity contribution >= 4 is 13.7 Å². The van der Waals surface area contributed by atoms with Crippen molar-refractivity contribution in [2.75, 3.05) is 40.9 Å². The third kappa shape index (κ3) is 62.9. The Kier molecular flexibility index (Phi) is 58.1. The van der Waals surface area contributed by atoms with Gasteiger partial charge in [-0.05, 0) is 77.0 Å². The van der Waals surface area contributed by atoms with E-state index in [4.69, 9.17) is 9.05 Å². The summed E-state index contributed by atoms with van der Waals surface area (Å²) in [7, 11) is 1.60. The van der Waals surface area contributed by atoms with Gasteiger partial charge in [-0.2, -0.15) is 0 Å². The molecule has 0 aliphatic heterocycles. The fourth-order valence-corrected chi connectivity index (χ4v) is 10.2. The maximum Gasteiger partial charge on any atom is 0.472 e. The van der Waals surface area contributed by atoms with Gasteiger partial charge in [-0.1, -0.05) is 304 Å². The molecule has 9 heteroatoms. The molecule has 3 N–H and O–H groups in total. The first-order valence-electron chi connectivity index (χ1n) is 33.1. The van der Waals surface area contributed by atoms with E-state index in [0.29, 0.717) is 23.9 Å². The summed E-state index contributed by atoms with van der Waals surface area (Å²) < 4.78 is 23.9. The number of nitrogens with one attached hydrogen (secondary N) is 1. The Labute approximate surface area is 489 Å². The maximum absolute atomic E-state index is 13.1. The number of hydrogen-bond acceptors (Lipinski definition) is 5. The number of carbonyl (C=O) groups is 1. The summed E-state index contributed by atoms with van der Waals surface area (Å²) in [4.78, 5) is 23.4. The molecular weight excluding hydrogens is 996 g/mol. The van der Waals surface area contributed by atoms with Crippen molar-refractivity contribution in [2.24, 2.45) is 0 Å². The largest absolute Gasteiger partial charge is 0.472 e. The average molecular weight is 1120 g/mol. The zero-order valence-electron chi connectivity index (χ0n) is 52.3. The van der Waals surface area contributed by atoms with Gasteiger partial charge in [-0.15, -0.1) is 0 Å². The van der Waals surface area contributed by atoms with E-state index in [1.807, 2.05) is 21.1 Å². The molecule has 0 radical (unpaired) electrons. The van der Waals surface area contributed by atoms with Crippen molar-refractivity contribution in [3.63, 3.8) is 0 Å². The predicted molar refractivity (Wildman–Crippen MR) is 346 cm³/mol. The lowest BCUT2D eigenvalue weighted by atomic mass is 10.0. The molecule has 0 aromatic heterocycles. The summed E-state index contributed by atoms with van der Waals surface area (Å²) in [5, 5.41) is 14.1. The van der Waals surface area contributed by atoms with E-state index in [2.05, 4.69) is 116 Å². The van der Waals surface area contributed by atoms with Gasteiger partial charge in [0.25, 0.3) is 0 Å². The van der Waals surface area contributed by atoms with Gasteiger partial charge in [0.2, 0.25) is 5.91 Å². The van der Waals surface area contributed by atoms with Crippen molar-refractivity contribution in [2.45, 2.75) is 302 Å². The molecule has 79 heavy (non-hydrogen) atoms. The van der Waals surface area contributed by atoms with Crippen LogP contribution in [0.5, 0.6) is 0 Å². The third-order valence-electron chi connectivity index (χ3n) is 14.6. The van der Waals surface area contributed by atoms with E-state index < -0.39 is 20.0 Å². The van der Waals surface area contributed by atoms with E-state index in [9.17, 15) is 19.4 Å². The topological polar surface area (TPSA) is 105 Å². The minimum atomic E-state index is -4.34. The fraction of sp³-hybridized carbons (Fsp3) is 0.757. The number of phosphoric acid groups is 1. The first kappa shape index (κ1) is 76.4. The van der Waals surface area contributed by atoms with E-state index in [1.54, 1.807) is 0 Å². The zero-order valence-corrected chi connectivity index (χ0v) is 53.2. The molecule has 0 bridgehead atoms. The van der Waals surface area contributed by atoms with Crippen LogP contribution < -0.4 is 5.32 Å². The number of quaternary nitrogens is 1. The van der Waals surface area contributed by atoms with Gasteiger partial charge in [0.15, 0.2) is 0 Å². The molecule has 0 spiro atoms. The molecule has 0 saturated carbocycles. The van der Waals surface area contributed by atoms with Crippen LogP contribution in [0.1, 0.15) is 290 Å². The lowest BCUT2D eigenvalue weighted by molar-refractivity contribution is -0.870. The molecule has 0 heterocycles. The molecule has 3 atom stereocenters. The molecule has 0 rings (SSSR count). The lowest BCUT2D eigenvalue weighted by Gasteiger charge is -2.26. The van der Waals surface area contributed by atoms with Crippen LogP contribution in [0.3, 0.4) is 0 Å². The van der Waals surface area contributed by atoms with Crippen LogP contribution in [-0.2, 0) is 18.4 Å². The number of aliphatic hydroxyl groups is 1. The standard InChI is InChI=1S/C70H127N2O6P/c1-6-8-10-12-14-16-18-20-22-24-26-28-30-32-34-35-36-37-38-40-42-44-46-48-50-52-54-56-58-60-62-64-70(74)71-68(67-78-79(75,76)77-66-65-72(3,4)5)69(73)63-61-59-57-55-53-51-49-47-45-43-41-39-33-31-29-27-25-23-21-19-17-15-13-11-9-7-2/h8,10,14,16,20,22,26,28,32,34,36-37,40,42,46,48,68-69,73H,6-7,9,11-13,15,17-19,21,23-25,27,29-31,33,35,38-39,41,43-45,47,49-67H2,1-5H3,(H-,71,74,75,76)/p+1/b10-8-,16-14-,22-20-,28-26-,34-32-,37-36-,42-40-,48-46-. The SMILES string of the molecule is CC/C=C\C/C=C\C/C=C\C/C=C\C/C=C\C/C=C\C/C=C\C/C=C\CCCCCCCCC(=O)NC(COP(=O)(O)OCC[N+](C)(C)C)C(O)CCCCCCCCCCCCCCCCCCCCCCCCCCCC. The van der Waals surface area contributed by atoms with E-state index in [1.165, 1.54) is 161 Å². The summed E-state index contributed by atoms with van der Waals surface area (Å²) >= 11 is 0. The first-order valence-corrected chi connectivity index (χ1v) is 34.6. The predicted octanol–water partition coefficient (Wildman–Crippen LogP) is 20.9. The van der Waals surface area contributed by atoms with Crippen LogP contribution in [-0.4, -0.2) is 73.4 Å². The average Bonchev–Trinajstić information content (AvgIpc) is 3.42. The highest BCUT2D eigenvalue weighted by Gasteiger charge is 2.28. The van der Waals surface area contributed by atoms with Gasteiger partial charge in [-0.25, -0.2) is 4.57 Å². The van der Waals surface area contributed by atoms with Crippen molar-refractivity contribution < 1.29 is 32.9 Å². The number of nitrogens with zero attached hydrogens (tertiary/aromatic N) is 1. The number of rotatable bonds is 60. The fourth-order valence-electron chi connectivity index (χ4n) is 9.48. The molecule has 0 aromatic carbocycles. The van der Waals surface area contributed by atoms with Crippen LogP contribution in [0.25, 0.3) is 0 Å². The van der Waals surface area contributed by atoms with Crippen molar-refractivity contribution in [1.29, 1.82) is 0 Å². The normalized spacial score (nSPS) is 14.4. The lowest BCUT2D eigenvalue weighted by Crippen LogP contribution is -2.46. The van der Waals surface area contributed by atoms with Gasteiger partial charge >= 0.3 is 7.82 Å². The molecule has 0 aliphatic carbocycles. The van der Waals surface area contributed by atoms with Gasteiger partial charge in [0.1, 0.15) is 13.2 Å². The Morgan fingerprint density at radius 2 is 0.759 bits per heavy atom. The number of amides is 1. The Balaban J connectivity index is 4.16. The van der Waals surface area contributed by atoms with Gasteiger partial charge < -0.3 is 19.8 Å². The molecule has 0 saturated heterocycles. The molecule has 8 nitrogen and oxygen atoms in total. The quantitative estimate of drug-likeness (QED) is 0.0243. The van der Waals surface area contributed by atoms with E-state index in [-0.39, 0.29) is 19.1 Å². The minimum absolute atomic E-state index is 0.0670. The summed E-state index contributed by atoms with van der Waals surface area (Å²) in [6.07, 6.45) is 86.3. The molecule has 3 unspecified atom stereocenters. The van der Waals surface area contributed by atoms with Crippen molar-refractivity contribution in [1.82, 2.24) is 5.32 Å². The Morgan fingerprint density at radius 3 is 1.11 bits per heavy atom. The summed E-state index contributed by atoms with van der Waals surface area (Å²) in [5.74, 6) is -0.159. The molecule has 458 valence electrons. The van der Waals surface area contributed by atoms with Crippen LogP contribution in [0.4, 0.5) is 0 Å². The molecular formula is C70H128N2O6P+. The van der Waals surface area contributed by atoms with E-state index >= 15 is 0 Å². The smallest absolute Gasteiger partial charge is 0.391 e. The third-order valence-corrected chi connectivity index (χ3v) is 15.6. The van der Waals surface area contributed by atoms with Crippen molar-refractivity contribution in [3.05, 3.63) is 97.2 Å². The Morgan fingerprint density at radius 1 is 0.443 bits per heavy atom. The van der Waals surface area contributed by atoms with Gasteiger partial charge in [-0.3, -0.25) is 13.8 Å². The summed E-state index contributed by atoms with van der Waals surface area (Å²) in [5.41, 5.74) is 0. The highest BCUT2D eigenvalue weighted by atomic mass is 31.2. The molecule has 0 aliphatic rings. The number of phosphoric ester groups is 1. The summed E-state index contributed by atoms with van der Waals surface area (Å²) in [6, 6.07) is -0.778. The highest BCUT2D eigenvalue weighted by molar-refractivity contribution is 7.47. The van der Waals surface area contributed by atoms with Crippen LogP contribution >= 0.6 is 7.82 Å². The number of hydrogen-bond donors (Lipinski definition) is 3.